The lowest BCUT2D eigenvalue weighted by atomic mass is 10.0. The number of rotatable bonds is 7. The largest absolute Gasteiger partial charge is 0.491 e. The molecule has 3 aromatic carbocycles. The summed E-state index contributed by atoms with van der Waals surface area (Å²) in [5.41, 5.74) is 3.46. The van der Waals surface area contributed by atoms with E-state index in [1.807, 2.05) is 95.9 Å². The number of amides is 1. The van der Waals surface area contributed by atoms with Gasteiger partial charge in [-0.3, -0.25) is 4.79 Å². The van der Waals surface area contributed by atoms with Crippen LogP contribution in [0.15, 0.2) is 97.6 Å². The van der Waals surface area contributed by atoms with E-state index in [-0.39, 0.29) is 12.0 Å². The van der Waals surface area contributed by atoms with Crippen LogP contribution >= 0.6 is 0 Å². The van der Waals surface area contributed by atoms with Crippen molar-refractivity contribution in [3.63, 3.8) is 0 Å². The zero-order chi connectivity index (χ0) is 23.9. The van der Waals surface area contributed by atoms with Crippen molar-refractivity contribution in [2.45, 2.75) is 6.10 Å². The zero-order valence-corrected chi connectivity index (χ0v) is 19.2. The minimum absolute atomic E-state index is 0.00876. The molecule has 4 aromatic rings. The van der Waals surface area contributed by atoms with E-state index < -0.39 is 0 Å². The molecule has 0 saturated carbocycles. The number of ether oxygens (including phenoxy) is 2. The Hall–Kier alpha value is -4.23. The monoisotopic (exact) mass is 466 g/mol. The summed E-state index contributed by atoms with van der Waals surface area (Å²) in [6.45, 7) is 1.84. The molecule has 1 unspecified atom stereocenters. The minimum atomic E-state index is -0.212. The molecule has 5 rings (SSSR count). The van der Waals surface area contributed by atoms with Gasteiger partial charge in [-0.25, -0.2) is 9.67 Å². The number of hydrogen-bond donors (Lipinski definition) is 0. The van der Waals surface area contributed by atoms with E-state index in [2.05, 4.69) is 10.1 Å². The highest BCUT2D eigenvalue weighted by atomic mass is 16.5. The van der Waals surface area contributed by atoms with Crippen molar-refractivity contribution in [3.8, 4) is 11.4 Å². The number of hydrogen-bond acceptors (Lipinski definition) is 5. The maximum Gasteiger partial charge on any atom is 0.254 e. The first-order valence-electron chi connectivity index (χ1n) is 11.6. The van der Waals surface area contributed by atoms with Crippen LogP contribution in [0.3, 0.4) is 0 Å². The van der Waals surface area contributed by atoms with Crippen LogP contribution in [0.5, 0.6) is 5.75 Å². The number of nitrogens with zero attached hydrogens (tertiary/aromatic N) is 4. The molecule has 7 heteroatoms. The summed E-state index contributed by atoms with van der Waals surface area (Å²) in [5, 5.41) is 4.13. The number of morpholine rings is 1. The highest BCUT2D eigenvalue weighted by molar-refractivity contribution is 6.24. The topological polar surface area (TPSA) is 69.5 Å². The molecular weight excluding hydrogens is 440 g/mol. The molecule has 1 saturated heterocycles. The molecule has 1 aliphatic rings. The molecular formula is C28H26N4O3. The summed E-state index contributed by atoms with van der Waals surface area (Å²) in [5.74, 6) is 0.723. The lowest BCUT2D eigenvalue weighted by Crippen LogP contribution is -2.47. The second-order valence-corrected chi connectivity index (χ2v) is 8.22. The molecule has 35 heavy (non-hydrogen) atoms. The van der Waals surface area contributed by atoms with Gasteiger partial charge in [0.25, 0.3) is 5.91 Å². The van der Waals surface area contributed by atoms with Gasteiger partial charge in [-0.15, -0.1) is 0 Å². The van der Waals surface area contributed by atoms with Crippen molar-refractivity contribution in [2.75, 3.05) is 26.3 Å². The lowest BCUT2D eigenvalue weighted by Gasteiger charge is -2.33. The van der Waals surface area contributed by atoms with Crippen molar-refractivity contribution < 1.29 is 14.3 Å². The molecule has 2 heterocycles. The average molecular weight is 467 g/mol. The fraction of sp³-hybridized carbons (Fsp3) is 0.179. The van der Waals surface area contributed by atoms with Crippen LogP contribution < -0.4 is 4.74 Å². The van der Waals surface area contributed by atoms with Gasteiger partial charge >= 0.3 is 0 Å². The first-order chi connectivity index (χ1) is 17.3. The number of benzene rings is 3. The van der Waals surface area contributed by atoms with Crippen LogP contribution in [0.25, 0.3) is 17.3 Å². The van der Waals surface area contributed by atoms with Gasteiger partial charge in [-0.05, 0) is 41.5 Å². The van der Waals surface area contributed by atoms with Gasteiger partial charge in [-0.2, -0.15) is 5.10 Å². The van der Waals surface area contributed by atoms with Crippen LogP contribution in [0.4, 0.5) is 0 Å². The summed E-state index contributed by atoms with van der Waals surface area (Å²) in [6.07, 6.45) is 4.88. The fourth-order valence-electron chi connectivity index (χ4n) is 4.00. The summed E-state index contributed by atoms with van der Waals surface area (Å²) in [7, 11) is 0. The smallest absolute Gasteiger partial charge is 0.254 e. The van der Waals surface area contributed by atoms with E-state index in [4.69, 9.17) is 9.47 Å². The van der Waals surface area contributed by atoms with E-state index in [9.17, 15) is 4.79 Å². The van der Waals surface area contributed by atoms with Crippen LogP contribution in [0.1, 0.15) is 11.1 Å². The van der Waals surface area contributed by atoms with Crippen LogP contribution in [-0.2, 0) is 9.53 Å². The first-order valence-corrected chi connectivity index (χ1v) is 11.6. The molecule has 7 nitrogen and oxygen atoms in total. The molecule has 1 aliphatic heterocycles. The Labute approximate surface area is 204 Å². The van der Waals surface area contributed by atoms with Crippen molar-refractivity contribution in [1.82, 2.24) is 19.7 Å². The predicted molar refractivity (Wildman–Crippen MR) is 134 cm³/mol. The van der Waals surface area contributed by atoms with Gasteiger partial charge in [0.1, 0.15) is 31.1 Å². The van der Waals surface area contributed by atoms with Crippen molar-refractivity contribution in [1.29, 1.82) is 0 Å². The number of aromatic nitrogens is 3. The van der Waals surface area contributed by atoms with Crippen LogP contribution in [0, 0.1) is 0 Å². The third-order valence-corrected chi connectivity index (χ3v) is 5.81. The maximum atomic E-state index is 13.6. The van der Waals surface area contributed by atoms with Gasteiger partial charge in [0.15, 0.2) is 0 Å². The summed E-state index contributed by atoms with van der Waals surface area (Å²) < 4.78 is 13.6. The van der Waals surface area contributed by atoms with E-state index in [0.717, 1.165) is 22.6 Å². The zero-order valence-electron chi connectivity index (χ0n) is 19.2. The van der Waals surface area contributed by atoms with Crippen LogP contribution in [-0.4, -0.2) is 58.0 Å². The molecule has 176 valence electrons. The lowest BCUT2D eigenvalue weighted by molar-refractivity contribution is -0.133. The molecule has 0 spiro atoms. The average Bonchev–Trinajstić information content (AvgIpc) is 3.47. The van der Waals surface area contributed by atoms with Crippen molar-refractivity contribution in [3.05, 3.63) is 109 Å². The van der Waals surface area contributed by atoms with Crippen molar-refractivity contribution >= 4 is 17.6 Å². The van der Waals surface area contributed by atoms with E-state index in [0.29, 0.717) is 31.9 Å². The van der Waals surface area contributed by atoms with Gasteiger partial charge in [-0.1, -0.05) is 60.7 Å². The fourth-order valence-corrected chi connectivity index (χ4v) is 4.00. The third kappa shape index (κ3) is 5.65. The predicted octanol–water partition coefficient (Wildman–Crippen LogP) is 4.11. The Kier molecular flexibility index (Phi) is 6.96. The molecule has 1 atom stereocenters. The second-order valence-electron chi connectivity index (χ2n) is 8.22. The normalized spacial score (nSPS) is 16.2. The quantitative estimate of drug-likeness (QED) is 0.303. The highest BCUT2D eigenvalue weighted by Crippen LogP contribution is 2.23. The molecule has 0 aliphatic carbocycles. The first kappa shape index (κ1) is 22.6. The summed E-state index contributed by atoms with van der Waals surface area (Å²) >= 11 is 0. The molecule has 1 amide bonds. The number of carbonyl (C=O) groups is 1. The standard InChI is InChI=1S/C28H26N4O3/c33-28(27(23-9-5-2-6-10-23)17-22-7-3-1-4-8-22)31-15-16-34-26(18-31)19-35-25-13-11-24(12-14-25)32-21-29-20-30-32/h1-14,17,20-21,26H,15-16,18-19H2/b27-17+. The minimum Gasteiger partial charge on any atom is -0.491 e. The molecule has 1 aromatic heterocycles. The van der Waals surface area contributed by atoms with Gasteiger partial charge < -0.3 is 14.4 Å². The number of carbonyl (C=O) groups excluding carboxylic acids is 1. The van der Waals surface area contributed by atoms with Crippen LogP contribution in [0.2, 0.25) is 0 Å². The molecule has 1 fully saturated rings. The Balaban J connectivity index is 1.26. The summed E-state index contributed by atoms with van der Waals surface area (Å²) in [6, 6.07) is 27.3. The SMILES string of the molecule is O=C(/C(=C/c1ccccc1)c1ccccc1)N1CCOC(COc2ccc(-n3cncn3)cc2)C1. The van der Waals surface area contributed by atoms with Gasteiger partial charge in [0.2, 0.25) is 0 Å². The summed E-state index contributed by atoms with van der Waals surface area (Å²) in [4.78, 5) is 19.4. The molecule has 0 N–H and O–H groups in total. The van der Waals surface area contributed by atoms with E-state index in [1.54, 1.807) is 11.0 Å². The van der Waals surface area contributed by atoms with Crippen molar-refractivity contribution in [2.24, 2.45) is 0 Å². The Morgan fingerprint density at radius 1 is 1.00 bits per heavy atom. The van der Waals surface area contributed by atoms with E-state index in [1.165, 1.54) is 6.33 Å². The Bertz CT molecular complexity index is 1260. The maximum absolute atomic E-state index is 13.6. The third-order valence-electron chi connectivity index (χ3n) is 5.81. The highest BCUT2D eigenvalue weighted by Gasteiger charge is 2.27. The Morgan fingerprint density at radius 3 is 2.46 bits per heavy atom. The molecule has 0 bridgehead atoms. The van der Waals surface area contributed by atoms with Gasteiger partial charge in [0, 0.05) is 12.1 Å². The Morgan fingerprint density at radius 2 is 1.74 bits per heavy atom. The van der Waals surface area contributed by atoms with E-state index >= 15 is 0 Å². The molecule has 0 radical (unpaired) electrons. The van der Waals surface area contributed by atoms with Gasteiger partial charge in [0.05, 0.1) is 18.8 Å². The second kappa shape index (κ2) is 10.8.